The first-order chi connectivity index (χ1) is 8.02. The van der Waals surface area contributed by atoms with E-state index >= 15 is 0 Å². The van der Waals surface area contributed by atoms with Crippen LogP contribution in [0.5, 0.6) is 0 Å². The summed E-state index contributed by atoms with van der Waals surface area (Å²) in [5, 5.41) is 8.86. The number of aromatic amines is 1. The highest BCUT2D eigenvalue weighted by atomic mass is 127. The van der Waals surface area contributed by atoms with E-state index in [2.05, 4.69) is 4.98 Å². The van der Waals surface area contributed by atoms with E-state index < -0.39 is 36.4 Å². The smallest absolute Gasteiger partial charge is 0.330 e. The van der Waals surface area contributed by atoms with Crippen molar-refractivity contribution in [2.75, 3.05) is 6.61 Å². The molecule has 1 aliphatic rings. The van der Waals surface area contributed by atoms with Gasteiger partial charge in [-0.3, -0.25) is 14.3 Å². The van der Waals surface area contributed by atoms with Crippen molar-refractivity contribution in [1.82, 2.24) is 9.55 Å². The quantitative estimate of drug-likeness (QED) is 0.717. The zero-order valence-electron chi connectivity index (χ0n) is 8.60. The van der Waals surface area contributed by atoms with Crippen LogP contribution in [0.15, 0.2) is 15.8 Å². The van der Waals surface area contributed by atoms with Crippen molar-refractivity contribution in [3.63, 3.8) is 0 Å². The Morgan fingerprint density at radius 3 is 2.94 bits per heavy atom. The second-order valence-corrected chi connectivity index (χ2v) is 4.87. The summed E-state index contributed by atoms with van der Waals surface area (Å²) in [6.07, 6.45) is -1.73. The molecule has 6 nitrogen and oxygen atoms in total. The summed E-state index contributed by atoms with van der Waals surface area (Å²) in [6, 6.07) is 0. The summed E-state index contributed by atoms with van der Waals surface area (Å²) in [7, 11) is 0. The van der Waals surface area contributed by atoms with Gasteiger partial charge in [0.15, 0.2) is 0 Å². The van der Waals surface area contributed by atoms with Gasteiger partial charge in [-0.25, -0.2) is 9.18 Å². The standard InChI is InChI=1S/C9H10FIN2O4/c10-4-1-7(17-6(4)3-14)13-2-5(11)8(15)12-9(13)16/h2,4,6-7,14H,1,3H2,(H,12,15,16)/t4-,6+,7+/m1/s1. The minimum atomic E-state index is -1.32. The van der Waals surface area contributed by atoms with E-state index in [0.29, 0.717) is 3.57 Å². The molecule has 1 aromatic heterocycles. The van der Waals surface area contributed by atoms with E-state index in [-0.39, 0.29) is 6.42 Å². The molecule has 1 saturated heterocycles. The highest BCUT2D eigenvalue weighted by Crippen LogP contribution is 2.29. The van der Waals surface area contributed by atoms with Gasteiger partial charge in [0, 0.05) is 12.6 Å². The van der Waals surface area contributed by atoms with Gasteiger partial charge >= 0.3 is 5.69 Å². The molecule has 2 rings (SSSR count). The molecular formula is C9H10FIN2O4. The topological polar surface area (TPSA) is 84.3 Å². The third kappa shape index (κ3) is 2.43. The second-order valence-electron chi connectivity index (χ2n) is 3.71. The lowest BCUT2D eigenvalue weighted by atomic mass is 10.2. The Morgan fingerprint density at radius 1 is 1.65 bits per heavy atom. The Balaban J connectivity index is 2.34. The van der Waals surface area contributed by atoms with E-state index in [0.717, 1.165) is 4.57 Å². The van der Waals surface area contributed by atoms with Crippen molar-refractivity contribution in [1.29, 1.82) is 0 Å². The number of alkyl halides is 1. The van der Waals surface area contributed by atoms with Crippen molar-refractivity contribution < 1.29 is 14.2 Å². The van der Waals surface area contributed by atoms with E-state index in [1.54, 1.807) is 22.6 Å². The number of H-pyrrole nitrogens is 1. The lowest BCUT2D eigenvalue weighted by Gasteiger charge is -2.14. The molecule has 8 heteroatoms. The average Bonchev–Trinajstić information content (AvgIpc) is 2.65. The van der Waals surface area contributed by atoms with Crippen molar-refractivity contribution in [3.8, 4) is 0 Å². The van der Waals surface area contributed by atoms with Crippen LogP contribution in [0.3, 0.4) is 0 Å². The maximum Gasteiger partial charge on any atom is 0.330 e. The molecule has 2 N–H and O–H groups in total. The van der Waals surface area contributed by atoms with Gasteiger partial charge in [-0.1, -0.05) is 0 Å². The molecule has 1 fully saturated rings. The number of hydrogen-bond donors (Lipinski definition) is 2. The first-order valence-corrected chi connectivity index (χ1v) is 6.02. The van der Waals surface area contributed by atoms with Gasteiger partial charge in [-0.15, -0.1) is 0 Å². The van der Waals surface area contributed by atoms with Crippen LogP contribution in [0.1, 0.15) is 12.6 Å². The molecule has 2 heterocycles. The third-order valence-electron chi connectivity index (χ3n) is 2.58. The molecule has 17 heavy (non-hydrogen) atoms. The summed E-state index contributed by atoms with van der Waals surface area (Å²) >= 11 is 1.77. The summed E-state index contributed by atoms with van der Waals surface area (Å²) < 4.78 is 20.0. The lowest BCUT2D eigenvalue weighted by Crippen LogP contribution is -2.33. The van der Waals surface area contributed by atoms with Crippen molar-refractivity contribution >= 4 is 22.6 Å². The zero-order valence-corrected chi connectivity index (χ0v) is 10.8. The largest absolute Gasteiger partial charge is 0.394 e. The fraction of sp³-hybridized carbons (Fsp3) is 0.556. The van der Waals surface area contributed by atoms with Gasteiger partial charge in [0.25, 0.3) is 5.56 Å². The fourth-order valence-corrected chi connectivity index (χ4v) is 2.13. The van der Waals surface area contributed by atoms with Crippen LogP contribution in [0.25, 0.3) is 0 Å². The fourth-order valence-electron chi connectivity index (χ4n) is 1.70. The molecule has 0 amide bonds. The predicted octanol–water partition coefficient (Wildman–Crippen LogP) is -0.241. The predicted molar refractivity (Wildman–Crippen MR) is 64.5 cm³/mol. The van der Waals surface area contributed by atoms with Crippen LogP contribution in [-0.2, 0) is 4.74 Å². The number of ether oxygens (including phenoxy) is 1. The minimum absolute atomic E-state index is 0.0206. The van der Waals surface area contributed by atoms with Crippen molar-refractivity contribution in [2.24, 2.45) is 0 Å². The van der Waals surface area contributed by atoms with Crippen molar-refractivity contribution in [3.05, 3.63) is 30.6 Å². The number of nitrogens with one attached hydrogen (secondary N) is 1. The van der Waals surface area contributed by atoms with Crippen LogP contribution >= 0.6 is 22.6 Å². The summed E-state index contributed by atoms with van der Waals surface area (Å²) in [5.41, 5.74) is -1.13. The minimum Gasteiger partial charge on any atom is -0.394 e. The molecule has 0 aromatic carbocycles. The first-order valence-electron chi connectivity index (χ1n) is 4.94. The number of rotatable bonds is 2. The maximum absolute atomic E-state index is 13.4. The van der Waals surface area contributed by atoms with Gasteiger partial charge in [0.2, 0.25) is 0 Å². The van der Waals surface area contributed by atoms with Gasteiger partial charge < -0.3 is 9.84 Å². The number of aromatic nitrogens is 2. The molecule has 3 atom stereocenters. The Morgan fingerprint density at radius 2 is 2.35 bits per heavy atom. The Labute approximate surface area is 109 Å². The molecule has 94 valence electrons. The number of halogens is 2. The molecule has 0 radical (unpaired) electrons. The molecule has 0 saturated carbocycles. The Kier molecular flexibility index (Phi) is 3.64. The van der Waals surface area contributed by atoms with Gasteiger partial charge in [-0.05, 0) is 22.6 Å². The van der Waals surface area contributed by atoms with Gasteiger partial charge in [-0.2, -0.15) is 0 Å². The monoisotopic (exact) mass is 356 g/mol. The van der Waals surface area contributed by atoms with Crippen molar-refractivity contribution in [2.45, 2.75) is 24.9 Å². The Bertz CT molecular complexity index is 528. The number of aliphatic hydroxyl groups excluding tert-OH is 1. The highest BCUT2D eigenvalue weighted by Gasteiger charge is 2.36. The highest BCUT2D eigenvalue weighted by molar-refractivity contribution is 14.1. The second kappa shape index (κ2) is 4.86. The summed E-state index contributed by atoms with van der Waals surface area (Å²) in [6.45, 7) is -0.438. The maximum atomic E-state index is 13.4. The first kappa shape index (κ1) is 12.7. The molecular weight excluding hydrogens is 346 g/mol. The average molecular weight is 356 g/mol. The SMILES string of the molecule is O=c1[nH]c(=O)n([C@@H]2C[C@@H](F)[C@H](CO)O2)cc1I. The van der Waals surface area contributed by atoms with E-state index in [4.69, 9.17) is 9.84 Å². The van der Waals surface area contributed by atoms with E-state index in [9.17, 15) is 14.0 Å². The summed E-state index contributed by atoms with van der Waals surface area (Å²) in [4.78, 5) is 24.8. The molecule has 0 spiro atoms. The molecule has 0 aliphatic carbocycles. The van der Waals surface area contributed by atoms with E-state index in [1.165, 1.54) is 6.20 Å². The van der Waals surface area contributed by atoms with Gasteiger partial charge in [0.1, 0.15) is 18.5 Å². The number of aliphatic hydroxyl groups is 1. The normalized spacial score (nSPS) is 28.5. The van der Waals surface area contributed by atoms with Crippen LogP contribution < -0.4 is 11.2 Å². The van der Waals surface area contributed by atoms with Gasteiger partial charge in [0.05, 0.1) is 10.2 Å². The summed E-state index contributed by atoms with van der Waals surface area (Å²) in [5.74, 6) is 0. The molecule has 0 bridgehead atoms. The zero-order chi connectivity index (χ0) is 12.6. The number of nitrogens with zero attached hydrogens (tertiary/aromatic N) is 1. The van der Waals surface area contributed by atoms with Crippen LogP contribution in [-0.4, -0.2) is 33.5 Å². The molecule has 1 aliphatic heterocycles. The number of hydrogen-bond acceptors (Lipinski definition) is 4. The molecule has 1 aromatic rings. The third-order valence-corrected chi connectivity index (χ3v) is 3.35. The lowest BCUT2D eigenvalue weighted by molar-refractivity contribution is -0.0357. The molecule has 0 unspecified atom stereocenters. The van der Waals surface area contributed by atoms with Crippen LogP contribution in [0.4, 0.5) is 4.39 Å². The van der Waals surface area contributed by atoms with E-state index in [1.807, 2.05) is 0 Å². The van der Waals surface area contributed by atoms with Crippen LogP contribution in [0, 0.1) is 3.57 Å². The Hall–Kier alpha value is -0.740. The van der Waals surface area contributed by atoms with Crippen LogP contribution in [0.2, 0.25) is 0 Å².